The van der Waals surface area contributed by atoms with Gasteiger partial charge in [-0.15, -0.1) is 0 Å². The Bertz CT molecular complexity index is 1940. The average molecular weight is 1160 g/mol. The number of unbranched alkanes of at least 4 members (excludes halogenated alkanes) is 17. The topological polar surface area (TPSA) is 111 Å². The SMILES string of the molecule is CC/C=C\C/C=C\C/C=C\C/C=C\C/C=C\C/C=C\C/C=C\CCCC(=O)OC(COC(=O)CCCCCCCCCCCCCCCCCC/C=C\C/C=C\C/C=C\C/C=C\C/C=C\C/C=C\CC)COP(=O)([O-])OCC[N+](C)(C)C. The zero-order valence-electron chi connectivity index (χ0n) is 52.6. The maximum absolute atomic E-state index is 12.8. The Kier molecular flexibility index (Phi) is 57.9. The summed E-state index contributed by atoms with van der Waals surface area (Å²) in [6.45, 7) is 3.93. The highest BCUT2D eigenvalue weighted by Crippen LogP contribution is 2.38. The van der Waals surface area contributed by atoms with Crippen molar-refractivity contribution in [2.75, 3.05) is 47.5 Å². The second-order valence-corrected chi connectivity index (χ2v) is 23.4. The van der Waals surface area contributed by atoms with Crippen molar-refractivity contribution in [1.29, 1.82) is 0 Å². The molecule has 10 heteroatoms. The predicted molar refractivity (Wildman–Crippen MR) is 350 cm³/mol. The first-order valence-electron chi connectivity index (χ1n) is 32.2. The molecule has 0 aromatic carbocycles. The first-order valence-corrected chi connectivity index (χ1v) is 33.7. The van der Waals surface area contributed by atoms with E-state index in [0.717, 1.165) is 103 Å². The minimum absolute atomic E-state index is 0.0495. The third-order valence-electron chi connectivity index (χ3n) is 13.0. The second-order valence-electron chi connectivity index (χ2n) is 22.0. The molecular weight excluding hydrogens is 1040 g/mol. The van der Waals surface area contributed by atoms with Crippen LogP contribution in [0.2, 0.25) is 0 Å². The molecule has 0 aliphatic heterocycles. The number of carbonyl (C=O) groups is 2. The van der Waals surface area contributed by atoms with Gasteiger partial charge in [-0.2, -0.15) is 0 Å². The molecule has 2 unspecified atom stereocenters. The van der Waals surface area contributed by atoms with E-state index in [-0.39, 0.29) is 26.1 Å². The molecule has 0 fully saturated rings. The molecule has 9 nitrogen and oxygen atoms in total. The number of phosphoric acid groups is 1. The highest BCUT2D eigenvalue weighted by Gasteiger charge is 2.21. The molecule has 2 atom stereocenters. The molecule has 0 radical (unpaired) electrons. The van der Waals surface area contributed by atoms with Crippen LogP contribution in [-0.2, 0) is 32.7 Å². The van der Waals surface area contributed by atoms with Gasteiger partial charge in [-0.1, -0.05) is 262 Å². The van der Waals surface area contributed by atoms with Crippen molar-refractivity contribution in [3.05, 3.63) is 158 Å². The molecule has 0 aromatic rings. The third-order valence-corrected chi connectivity index (χ3v) is 14.0. The standard InChI is InChI=1S/C72H118NO8P/c1-6-8-10-12-14-16-18-20-22-24-26-28-30-31-32-33-34-35-36-37-38-39-40-41-43-44-46-48-50-52-54-56-58-60-62-64-71(74)78-68-70(69-80-82(76,77)79-67-66-73(3,4)5)81-72(75)65-63-61-59-57-55-53-51-49-47-45-42-29-27-25-23-21-19-17-15-13-11-9-7-2/h8-11,14-17,20-23,26-29,31-32,34-35,45,47,51,53,57,59,70H,6-7,12-13,18-19,24-25,30,33,36-44,46,48-50,52,54-56,58,60-69H2,1-5H3/b10-8-,11-9-,16-14-,17-15-,22-20-,23-21-,28-26-,29-27-,32-31-,35-34-,47-45-,53-51-,59-57-. The van der Waals surface area contributed by atoms with Crippen molar-refractivity contribution in [3.63, 3.8) is 0 Å². The van der Waals surface area contributed by atoms with Gasteiger partial charge < -0.3 is 27.9 Å². The lowest BCUT2D eigenvalue weighted by molar-refractivity contribution is -0.870. The van der Waals surface area contributed by atoms with Crippen molar-refractivity contribution < 1.29 is 42.1 Å². The molecule has 0 bridgehead atoms. The number of allylic oxidation sites excluding steroid dienone is 26. The number of ether oxygens (including phenoxy) is 2. The maximum Gasteiger partial charge on any atom is 0.306 e. The van der Waals surface area contributed by atoms with Crippen LogP contribution in [0.15, 0.2) is 158 Å². The van der Waals surface area contributed by atoms with Gasteiger partial charge in [-0.05, 0) is 116 Å². The van der Waals surface area contributed by atoms with Crippen LogP contribution in [0, 0.1) is 0 Å². The van der Waals surface area contributed by atoms with Gasteiger partial charge in [-0.3, -0.25) is 14.2 Å². The maximum atomic E-state index is 12.8. The fourth-order valence-electron chi connectivity index (χ4n) is 8.18. The molecular formula is C72H118NO8P. The smallest absolute Gasteiger partial charge is 0.306 e. The van der Waals surface area contributed by atoms with E-state index in [9.17, 15) is 19.0 Å². The molecule has 0 saturated carbocycles. The number of likely N-dealkylation sites (N-methyl/N-ethyl adjacent to an activating group) is 1. The number of phosphoric ester groups is 1. The highest BCUT2D eigenvalue weighted by molar-refractivity contribution is 7.45. The molecule has 0 heterocycles. The van der Waals surface area contributed by atoms with Gasteiger partial charge in [0.05, 0.1) is 27.7 Å². The van der Waals surface area contributed by atoms with E-state index in [1.165, 1.54) is 83.5 Å². The summed E-state index contributed by atoms with van der Waals surface area (Å²) >= 11 is 0. The lowest BCUT2D eigenvalue weighted by atomic mass is 10.0. The van der Waals surface area contributed by atoms with E-state index in [1.807, 2.05) is 27.2 Å². The van der Waals surface area contributed by atoms with E-state index < -0.39 is 32.5 Å². The Labute approximate surface area is 503 Å². The van der Waals surface area contributed by atoms with Gasteiger partial charge in [0, 0.05) is 12.8 Å². The summed E-state index contributed by atoms with van der Waals surface area (Å²) in [5.74, 6) is -0.911. The van der Waals surface area contributed by atoms with E-state index in [1.54, 1.807) is 0 Å². The molecule has 0 aliphatic rings. The second kappa shape index (κ2) is 61.2. The Balaban J connectivity index is 4.16. The van der Waals surface area contributed by atoms with Gasteiger partial charge in [0.2, 0.25) is 0 Å². The number of hydrogen-bond acceptors (Lipinski definition) is 8. The summed E-state index contributed by atoms with van der Waals surface area (Å²) in [5.41, 5.74) is 0. The van der Waals surface area contributed by atoms with Crippen LogP contribution >= 0.6 is 7.82 Å². The number of rotatable bonds is 57. The summed E-state index contributed by atoms with van der Waals surface area (Å²) in [4.78, 5) is 37.9. The normalized spacial score (nSPS) is 14.3. The number of nitrogens with zero attached hydrogens (tertiary/aromatic N) is 1. The lowest BCUT2D eigenvalue weighted by Gasteiger charge is -2.28. The van der Waals surface area contributed by atoms with Gasteiger partial charge in [-0.25, -0.2) is 0 Å². The van der Waals surface area contributed by atoms with E-state index >= 15 is 0 Å². The minimum Gasteiger partial charge on any atom is -0.756 e. The van der Waals surface area contributed by atoms with Crippen LogP contribution in [0.25, 0.3) is 0 Å². The largest absolute Gasteiger partial charge is 0.756 e. The molecule has 0 aliphatic carbocycles. The fourth-order valence-corrected chi connectivity index (χ4v) is 8.91. The van der Waals surface area contributed by atoms with Gasteiger partial charge in [0.15, 0.2) is 6.10 Å². The Morgan fingerprint density at radius 3 is 1.01 bits per heavy atom. The van der Waals surface area contributed by atoms with Crippen LogP contribution < -0.4 is 4.89 Å². The summed E-state index contributed by atoms with van der Waals surface area (Å²) < 4.78 is 34.1. The predicted octanol–water partition coefficient (Wildman–Crippen LogP) is 20.2. The van der Waals surface area contributed by atoms with Crippen LogP contribution in [0.3, 0.4) is 0 Å². The molecule has 0 saturated heterocycles. The molecule has 0 amide bonds. The van der Waals surface area contributed by atoms with Crippen molar-refractivity contribution in [1.82, 2.24) is 0 Å². The Hall–Kier alpha value is -4.37. The summed E-state index contributed by atoms with van der Waals surface area (Å²) in [7, 11) is 1.11. The molecule has 82 heavy (non-hydrogen) atoms. The van der Waals surface area contributed by atoms with Crippen LogP contribution in [-0.4, -0.2) is 70.0 Å². The van der Waals surface area contributed by atoms with Crippen LogP contribution in [0.5, 0.6) is 0 Å². The highest BCUT2D eigenvalue weighted by atomic mass is 31.2. The average Bonchev–Trinajstić information content (AvgIpc) is 3.46. The quantitative estimate of drug-likeness (QED) is 0.0195. The summed E-state index contributed by atoms with van der Waals surface area (Å²) in [6, 6.07) is 0. The van der Waals surface area contributed by atoms with Crippen molar-refractivity contribution in [2.45, 2.75) is 238 Å². The Morgan fingerprint density at radius 2 is 0.671 bits per heavy atom. The van der Waals surface area contributed by atoms with Gasteiger partial charge in [0.1, 0.15) is 19.8 Å². The van der Waals surface area contributed by atoms with Crippen molar-refractivity contribution in [2.24, 2.45) is 0 Å². The molecule has 0 spiro atoms. The van der Waals surface area contributed by atoms with Crippen LogP contribution in [0.4, 0.5) is 0 Å². The molecule has 0 rings (SSSR count). The third kappa shape index (κ3) is 64.8. The number of esters is 2. The first-order chi connectivity index (χ1) is 40.0. The minimum atomic E-state index is -4.67. The monoisotopic (exact) mass is 1160 g/mol. The molecule has 0 N–H and O–H groups in total. The zero-order chi connectivity index (χ0) is 59.8. The van der Waals surface area contributed by atoms with E-state index in [0.29, 0.717) is 30.3 Å². The fraction of sp³-hybridized carbons (Fsp3) is 0.611. The summed E-state index contributed by atoms with van der Waals surface area (Å²) in [5, 5.41) is 0. The first kappa shape index (κ1) is 77.6. The number of quaternary nitrogens is 1. The summed E-state index contributed by atoms with van der Waals surface area (Å²) in [6.07, 6.45) is 91.8. The molecule has 0 aromatic heterocycles. The zero-order valence-corrected chi connectivity index (χ0v) is 53.5. The number of carbonyl (C=O) groups excluding carboxylic acids is 2. The lowest BCUT2D eigenvalue weighted by Crippen LogP contribution is -2.37. The van der Waals surface area contributed by atoms with Crippen molar-refractivity contribution >= 4 is 19.8 Å². The van der Waals surface area contributed by atoms with Crippen molar-refractivity contribution in [3.8, 4) is 0 Å². The number of hydrogen-bond donors (Lipinski definition) is 0. The molecule has 464 valence electrons. The van der Waals surface area contributed by atoms with Gasteiger partial charge >= 0.3 is 11.9 Å². The van der Waals surface area contributed by atoms with E-state index in [2.05, 4.69) is 166 Å². The van der Waals surface area contributed by atoms with Crippen LogP contribution in [0.1, 0.15) is 232 Å². The van der Waals surface area contributed by atoms with E-state index in [4.69, 9.17) is 18.5 Å². The van der Waals surface area contributed by atoms with Gasteiger partial charge in [0.25, 0.3) is 7.82 Å². The Morgan fingerprint density at radius 1 is 0.378 bits per heavy atom.